The number of hydrogen-bond donors (Lipinski definition) is 1. The summed E-state index contributed by atoms with van der Waals surface area (Å²) in [6.45, 7) is 4.08. The molecule has 36 heavy (non-hydrogen) atoms. The number of carbonyl (C=O) groups is 2. The number of rotatable bonds is 7. The molecule has 1 saturated heterocycles. The van der Waals surface area contributed by atoms with Crippen molar-refractivity contribution in [2.45, 2.75) is 31.9 Å². The lowest BCUT2D eigenvalue weighted by Gasteiger charge is -2.19. The summed E-state index contributed by atoms with van der Waals surface area (Å²) < 4.78 is 5.32. The Labute approximate surface area is 215 Å². The van der Waals surface area contributed by atoms with E-state index < -0.39 is 11.2 Å². The first-order chi connectivity index (χ1) is 17.4. The molecule has 1 unspecified atom stereocenters. The van der Waals surface area contributed by atoms with Crippen LogP contribution in [0, 0.1) is 18.3 Å². The first kappa shape index (κ1) is 25.1. The molecular weight excluding hydrogens is 470 g/mol. The number of aryl methyl sites for hydroxylation is 2. The number of nitrogens with one attached hydrogen (secondary N) is 1. The Hall–Kier alpha value is -4.02. The van der Waals surface area contributed by atoms with Crippen molar-refractivity contribution in [1.82, 2.24) is 0 Å². The van der Waals surface area contributed by atoms with Crippen LogP contribution in [0.15, 0.2) is 83.4 Å². The van der Waals surface area contributed by atoms with Gasteiger partial charge in [-0.2, -0.15) is 5.26 Å². The van der Waals surface area contributed by atoms with Gasteiger partial charge in [-0.1, -0.05) is 72.8 Å². The van der Waals surface area contributed by atoms with Crippen molar-refractivity contribution in [3.05, 3.63) is 100 Å². The highest BCUT2D eigenvalue weighted by atomic mass is 32.2. The van der Waals surface area contributed by atoms with Crippen molar-refractivity contribution in [2.24, 2.45) is 0 Å². The van der Waals surface area contributed by atoms with E-state index in [1.54, 1.807) is 24.3 Å². The summed E-state index contributed by atoms with van der Waals surface area (Å²) in [6, 6.07) is 24.7. The molecule has 3 aromatic rings. The van der Waals surface area contributed by atoms with E-state index in [1.165, 1.54) is 23.8 Å². The quantitative estimate of drug-likeness (QED) is 0.338. The van der Waals surface area contributed by atoms with Crippen molar-refractivity contribution >= 4 is 35.0 Å². The summed E-state index contributed by atoms with van der Waals surface area (Å²) in [5.74, 6) is -0.270. The highest BCUT2D eigenvalue weighted by Gasteiger charge is 2.40. The van der Waals surface area contributed by atoms with Crippen LogP contribution < -0.4 is 15.0 Å². The van der Waals surface area contributed by atoms with Crippen LogP contribution in [0.1, 0.15) is 23.6 Å². The van der Waals surface area contributed by atoms with Crippen molar-refractivity contribution in [3.8, 4) is 11.8 Å². The van der Waals surface area contributed by atoms with E-state index in [0.717, 1.165) is 23.1 Å². The van der Waals surface area contributed by atoms with Gasteiger partial charge in [0, 0.05) is 5.69 Å². The Morgan fingerprint density at radius 1 is 1.06 bits per heavy atom. The first-order valence-corrected chi connectivity index (χ1v) is 12.6. The third kappa shape index (κ3) is 5.29. The minimum atomic E-state index is -0.594. The summed E-state index contributed by atoms with van der Waals surface area (Å²) in [6.07, 6.45) is 1.36. The number of anilines is 2. The van der Waals surface area contributed by atoms with Crippen LogP contribution in [0.4, 0.5) is 11.4 Å². The number of amides is 2. The molecule has 1 aliphatic rings. The van der Waals surface area contributed by atoms with Crippen molar-refractivity contribution in [2.75, 3.05) is 17.3 Å². The Morgan fingerprint density at radius 3 is 2.36 bits per heavy atom. The predicted molar refractivity (Wildman–Crippen MR) is 144 cm³/mol. The van der Waals surface area contributed by atoms with E-state index in [4.69, 9.17) is 4.74 Å². The van der Waals surface area contributed by atoms with Crippen LogP contribution in [0.2, 0.25) is 0 Å². The van der Waals surface area contributed by atoms with Crippen LogP contribution in [0.25, 0.3) is 0 Å². The summed E-state index contributed by atoms with van der Waals surface area (Å²) in [5, 5.41) is 12.7. The molecule has 4 rings (SSSR count). The zero-order valence-corrected chi connectivity index (χ0v) is 21.3. The summed E-state index contributed by atoms with van der Waals surface area (Å²) >= 11 is 1.25. The van der Waals surface area contributed by atoms with E-state index in [1.807, 2.05) is 61.5 Å². The number of para-hydroxylation sites is 2. The zero-order valence-electron chi connectivity index (χ0n) is 20.4. The van der Waals surface area contributed by atoms with Gasteiger partial charge in [0.25, 0.3) is 5.91 Å². The van der Waals surface area contributed by atoms with Gasteiger partial charge >= 0.3 is 0 Å². The molecule has 182 valence electrons. The highest BCUT2D eigenvalue weighted by molar-refractivity contribution is 8.05. The molecule has 1 heterocycles. The fraction of sp³-hybridized carbons (Fsp3) is 0.207. The molecule has 6 nitrogen and oxygen atoms in total. The van der Waals surface area contributed by atoms with Crippen LogP contribution >= 0.6 is 11.8 Å². The second-order valence-corrected chi connectivity index (χ2v) is 9.63. The normalized spacial score (nSPS) is 16.4. The monoisotopic (exact) mass is 497 g/mol. The van der Waals surface area contributed by atoms with Crippen LogP contribution in [0.3, 0.4) is 0 Å². The van der Waals surface area contributed by atoms with Crippen LogP contribution in [-0.2, 0) is 22.4 Å². The number of nitriles is 1. The minimum Gasteiger partial charge on any atom is -0.495 e. The molecule has 2 amide bonds. The second-order valence-electron chi connectivity index (χ2n) is 8.44. The largest absolute Gasteiger partial charge is 0.495 e. The number of methoxy groups -OCH3 is 1. The smallest absolute Gasteiger partial charge is 0.269 e. The lowest BCUT2D eigenvalue weighted by atomic mass is 10.1. The van der Waals surface area contributed by atoms with Crippen molar-refractivity contribution < 1.29 is 14.3 Å². The van der Waals surface area contributed by atoms with E-state index in [-0.39, 0.29) is 11.5 Å². The molecular formula is C29H27N3O3S. The van der Waals surface area contributed by atoms with Gasteiger partial charge < -0.3 is 10.1 Å². The standard InChI is InChI=1S/C29H27N3O3S/c1-4-20-13-15-22(16-14-20)32-28(34)26(17-21-11-9-19(2)10-12-21)36-29(32)23(18-30)27(33)31-24-7-5-6-8-25(24)35-3/h5-16,26H,4,17H2,1-3H3,(H,31,33)/b29-23-. The maximum atomic E-state index is 13.7. The van der Waals surface area contributed by atoms with Gasteiger partial charge in [0.2, 0.25) is 5.91 Å². The summed E-state index contributed by atoms with van der Waals surface area (Å²) in [7, 11) is 1.51. The molecule has 3 aromatic carbocycles. The number of thioether (sulfide) groups is 1. The minimum absolute atomic E-state index is 0.120. The Balaban J connectivity index is 1.73. The predicted octanol–water partition coefficient (Wildman–Crippen LogP) is 5.63. The fourth-order valence-electron chi connectivity index (χ4n) is 3.97. The maximum absolute atomic E-state index is 13.7. The number of ether oxygens (including phenoxy) is 1. The molecule has 0 aliphatic carbocycles. The zero-order chi connectivity index (χ0) is 25.7. The molecule has 7 heteroatoms. The van der Waals surface area contributed by atoms with E-state index >= 15 is 0 Å². The molecule has 0 saturated carbocycles. The molecule has 0 bridgehead atoms. The average Bonchev–Trinajstić information content (AvgIpc) is 3.21. The highest BCUT2D eigenvalue weighted by Crippen LogP contribution is 2.42. The third-order valence-corrected chi connectivity index (χ3v) is 7.27. The molecule has 1 fully saturated rings. The van der Waals surface area contributed by atoms with Gasteiger partial charge in [-0.3, -0.25) is 14.5 Å². The number of hydrogen-bond acceptors (Lipinski definition) is 5. The fourth-order valence-corrected chi connectivity index (χ4v) is 5.28. The molecule has 1 N–H and O–H groups in total. The number of benzene rings is 3. The molecule has 0 aromatic heterocycles. The van der Waals surface area contributed by atoms with Crippen LogP contribution in [0.5, 0.6) is 5.75 Å². The Kier molecular flexibility index (Phi) is 7.77. The molecule has 0 radical (unpaired) electrons. The third-order valence-electron chi connectivity index (χ3n) is 6.01. The van der Waals surface area contributed by atoms with Gasteiger partial charge in [0.15, 0.2) is 0 Å². The number of carbonyl (C=O) groups excluding carboxylic acids is 2. The van der Waals surface area contributed by atoms with Gasteiger partial charge in [-0.15, -0.1) is 0 Å². The van der Waals surface area contributed by atoms with Gasteiger partial charge in [0.05, 0.1) is 18.0 Å². The SMILES string of the molecule is CCc1ccc(N2C(=O)C(Cc3ccc(C)cc3)S/C2=C(/C#N)C(=O)Nc2ccccc2OC)cc1. The lowest BCUT2D eigenvalue weighted by molar-refractivity contribution is -0.117. The second kappa shape index (κ2) is 11.1. The Morgan fingerprint density at radius 2 is 1.72 bits per heavy atom. The van der Waals surface area contributed by atoms with E-state index in [9.17, 15) is 14.9 Å². The van der Waals surface area contributed by atoms with Crippen molar-refractivity contribution in [3.63, 3.8) is 0 Å². The first-order valence-electron chi connectivity index (χ1n) is 11.7. The van der Waals surface area contributed by atoms with Gasteiger partial charge in [-0.05, 0) is 55.2 Å². The average molecular weight is 498 g/mol. The lowest BCUT2D eigenvalue weighted by Crippen LogP contribution is -2.31. The molecule has 0 spiro atoms. The maximum Gasteiger partial charge on any atom is 0.269 e. The summed E-state index contributed by atoms with van der Waals surface area (Å²) in [4.78, 5) is 28.4. The van der Waals surface area contributed by atoms with Crippen LogP contribution in [-0.4, -0.2) is 24.2 Å². The van der Waals surface area contributed by atoms with Gasteiger partial charge in [-0.25, -0.2) is 0 Å². The molecule has 1 atom stereocenters. The molecule has 1 aliphatic heterocycles. The summed E-state index contributed by atoms with van der Waals surface area (Å²) in [5.41, 5.74) is 4.25. The van der Waals surface area contributed by atoms with E-state index in [2.05, 4.69) is 12.2 Å². The topological polar surface area (TPSA) is 82.4 Å². The van der Waals surface area contributed by atoms with E-state index in [0.29, 0.717) is 28.6 Å². The van der Waals surface area contributed by atoms with Gasteiger partial charge in [0.1, 0.15) is 22.4 Å². The Bertz CT molecular complexity index is 1340. The van der Waals surface area contributed by atoms with Crippen molar-refractivity contribution in [1.29, 1.82) is 5.26 Å². The number of nitrogens with zero attached hydrogens (tertiary/aromatic N) is 2.